The summed E-state index contributed by atoms with van der Waals surface area (Å²) in [6.45, 7) is 0.201. The number of nitrogens with zero attached hydrogens (tertiary/aromatic N) is 2. The average molecular weight is 158 g/mol. The number of methoxy groups -OCH3 is 1. The Morgan fingerprint density at radius 3 is 2.82 bits per heavy atom. The molecule has 6 nitrogen and oxygen atoms in total. The third-order valence-electron chi connectivity index (χ3n) is 0.822. The standard InChI is InChI=1S/C5H10N4O2/c1-11-4(10)2-3-8-9-5(6)7/h2-3H2,1H3,(H3,6,7). The monoisotopic (exact) mass is 158 g/mol. The first kappa shape index (κ1) is 9.54. The second-order valence-corrected chi connectivity index (χ2v) is 1.68. The average Bonchev–Trinajstić information content (AvgIpc) is 1.97. The summed E-state index contributed by atoms with van der Waals surface area (Å²) in [5.74, 6) is -0.720. The van der Waals surface area contributed by atoms with Crippen molar-refractivity contribution in [2.75, 3.05) is 13.7 Å². The van der Waals surface area contributed by atoms with Gasteiger partial charge in [-0.3, -0.25) is 10.2 Å². The summed E-state index contributed by atoms with van der Waals surface area (Å²) < 4.78 is 4.33. The minimum atomic E-state index is -0.366. The van der Waals surface area contributed by atoms with Crippen LogP contribution in [0.5, 0.6) is 0 Å². The molecule has 62 valence electrons. The summed E-state index contributed by atoms with van der Waals surface area (Å²) in [6.07, 6.45) is 0.160. The van der Waals surface area contributed by atoms with E-state index in [1.807, 2.05) is 0 Å². The van der Waals surface area contributed by atoms with Gasteiger partial charge in [0.05, 0.1) is 20.1 Å². The van der Waals surface area contributed by atoms with Crippen molar-refractivity contribution in [1.82, 2.24) is 0 Å². The van der Waals surface area contributed by atoms with E-state index in [-0.39, 0.29) is 24.9 Å². The van der Waals surface area contributed by atoms with Crippen molar-refractivity contribution >= 4 is 11.9 Å². The first-order chi connectivity index (χ1) is 5.16. The van der Waals surface area contributed by atoms with E-state index < -0.39 is 0 Å². The lowest BCUT2D eigenvalue weighted by Gasteiger charge is -1.92. The van der Waals surface area contributed by atoms with E-state index in [4.69, 9.17) is 11.1 Å². The molecule has 3 N–H and O–H groups in total. The van der Waals surface area contributed by atoms with Crippen LogP contribution >= 0.6 is 0 Å². The Labute approximate surface area is 63.9 Å². The molecule has 0 aromatic heterocycles. The van der Waals surface area contributed by atoms with Crippen LogP contribution < -0.4 is 5.73 Å². The lowest BCUT2D eigenvalue weighted by Crippen LogP contribution is -2.05. The van der Waals surface area contributed by atoms with Gasteiger partial charge >= 0.3 is 5.97 Å². The molecule has 0 bridgehead atoms. The van der Waals surface area contributed by atoms with E-state index in [1.54, 1.807) is 0 Å². The summed E-state index contributed by atoms with van der Waals surface area (Å²) in [6, 6.07) is 0. The lowest BCUT2D eigenvalue weighted by molar-refractivity contribution is -0.140. The third kappa shape index (κ3) is 6.42. The maximum atomic E-state index is 10.4. The summed E-state index contributed by atoms with van der Waals surface area (Å²) in [5.41, 5.74) is 4.85. The van der Waals surface area contributed by atoms with E-state index in [2.05, 4.69) is 15.0 Å². The minimum Gasteiger partial charge on any atom is -0.469 e. The highest BCUT2D eigenvalue weighted by molar-refractivity contribution is 5.74. The molecule has 0 aromatic carbocycles. The van der Waals surface area contributed by atoms with Gasteiger partial charge in [0, 0.05) is 0 Å². The quantitative estimate of drug-likeness (QED) is 0.259. The van der Waals surface area contributed by atoms with Crippen LogP contribution in [0.15, 0.2) is 10.2 Å². The van der Waals surface area contributed by atoms with Crippen molar-refractivity contribution in [2.45, 2.75) is 6.42 Å². The summed E-state index contributed by atoms with van der Waals surface area (Å²) in [4.78, 5) is 10.4. The van der Waals surface area contributed by atoms with E-state index in [9.17, 15) is 4.79 Å². The molecule has 0 spiro atoms. The SMILES string of the molecule is COC(=O)CCN=NC(=N)N. The van der Waals surface area contributed by atoms with Gasteiger partial charge in [0.1, 0.15) is 0 Å². The predicted octanol–water partition coefficient (Wildman–Crippen LogP) is -0.105. The summed E-state index contributed by atoms with van der Waals surface area (Å²) >= 11 is 0. The van der Waals surface area contributed by atoms with E-state index >= 15 is 0 Å². The number of hydrogen-bond donors (Lipinski definition) is 2. The smallest absolute Gasteiger partial charge is 0.307 e. The van der Waals surface area contributed by atoms with Crippen LogP contribution in [0.25, 0.3) is 0 Å². The number of hydrogen-bond acceptors (Lipinski definition) is 4. The Hall–Kier alpha value is -1.46. The molecule has 11 heavy (non-hydrogen) atoms. The molecule has 0 saturated heterocycles. The van der Waals surface area contributed by atoms with Gasteiger partial charge in [0.2, 0.25) is 5.96 Å². The van der Waals surface area contributed by atoms with Crippen molar-refractivity contribution in [1.29, 1.82) is 5.41 Å². The number of guanidine groups is 1. The molecule has 0 aromatic rings. The zero-order valence-electron chi connectivity index (χ0n) is 6.20. The zero-order valence-corrected chi connectivity index (χ0v) is 6.20. The van der Waals surface area contributed by atoms with Crippen LogP contribution in [0.4, 0.5) is 0 Å². The van der Waals surface area contributed by atoms with Gasteiger partial charge in [-0.1, -0.05) is 0 Å². The lowest BCUT2D eigenvalue weighted by atomic mass is 10.4. The molecule has 0 atom stereocenters. The Morgan fingerprint density at radius 2 is 2.36 bits per heavy atom. The Balaban J connectivity index is 3.41. The molecule has 0 aliphatic heterocycles. The first-order valence-electron chi connectivity index (χ1n) is 2.95. The molecule has 0 saturated carbocycles. The van der Waals surface area contributed by atoms with Gasteiger partial charge in [-0.15, -0.1) is 5.11 Å². The number of ether oxygens (including phenoxy) is 1. The van der Waals surface area contributed by atoms with Crippen LogP contribution in [-0.2, 0) is 9.53 Å². The molecule has 0 aliphatic rings. The number of rotatable bonds is 3. The van der Waals surface area contributed by atoms with Crippen LogP contribution in [-0.4, -0.2) is 25.6 Å². The van der Waals surface area contributed by atoms with E-state index in [1.165, 1.54) is 7.11 Å². The normalized spacial score (nSPS) is 9.91. The molecule has 0 rings (SSSR count). The van der Waals surface area contributed by atoms with Gasteiger partial charge < -0.3 is 10.5 Å². The number of carbonyl (C=O) groups excluding carboxylic acids is 1. The van der Waals surface area contributed by atoms with Gasteiger partial charge in [0.15, 0.2) is 0 Å². The number of nitrogens with one attached hydrogen (secondary N) is 1. The van der Waals surface area contributed by atoms with Crippen molar-refractivity contribution in [3.8, 4) is 0 Å². The highest BCUT2D eigenvalue weighted by Gasteiger charge is 1.96. The third-order valence-corrected chi connectivity index (χ3v) is 0.822. The fraction of sp³-hybridized carbons (Fsp3) is 0.600. The maximum Gasteiger partial charge on any atom is 0.307 e. The van der Waals surface area contributed by atoms with Crippen molar-refractivity contribution in [3.05, 3.63) is 0 Å². The number of azo groups is 1. The number of nitrogens with two attached hydrogens (primary N) is 1. The zero-order chi connectivity index (χ0) is 8.69. The highest BCUT2D eigenvalue weighted by Crippen LogP contribution is 1.85. The first-order valence-corrected chi connectivity index (χ1v) is 2.95. The second kappa shape index (κ2) is 5.33. The number of esters is 1. The van der Waals surface area contributed by atoms with Crippen molar-refractivity contribution < 1.29 is 9.53 Å². The summed E-state index contributed by atoms with van der Waals surface area (Å²) in [5, 5.41) is 13.3. The van der Waals surface area contributed by atoms with Crippen molar-refractivity contribution in [3.63, 3.8) is 0 Å². The summed E-state index contributed by atoms with van der Waals surface area (Å²) in [7, 11) is 1.30. The molecule has 0 radical (unpaired) electrons. The molecular formula is C5H10N4O2. The minimum absolute atomic E-state index is 0.160. The highest BCUT2D eigenvalue weighted by atomic mass is 16.5. The van der Waals surface area contributed by atoms with Gasteiger partial charge in [-0.25, -0.2) is 0 Å². The molecule has 6 heteroatoms. The van der Waals surface area contributed by atoms with Crippen LogP contribution in [0, 0.1) is 5.41 Å². The van der Waals surface area contributed by atoms with E-state index in [0.29, 0.717) is 0 Å². The fourth-order valence-corrected chi connectivity index (χ4v) is 0.370. The molecule has 0 amide bonds. The predicted molar refractivity (Wildman–Crippen MR) is 38.3 cm³/mol. The maximum absolute atomic E-state index is 10.4. The molecular weight excluding hydrogens is 148 g/mol. The molecule has 0 heterocycles. The topological polar surface area (TPSA) is 101 Å². The van der Waals surface area contributed by atoms with Gasteiger partial charge in [-0.05, 0) is 0 Å². The Bertz CT molecular complexity index is 177. The Morgan fingerprint density at radius 1 is 1.73 bits per heavy atom. The molecule has 0 aliphatic carbocycles. The second-order valence-electron chi connectivity index (χ2n) is 1.68. The van der Waals surface area contributed by atoms with Crippen LogP contribution in [0.2, 0.25) is 0 Å². The van der Waals surface area contributed by atoms with Crippen molar-refractivity contribution in [2.24, 2.45) is 16.0 Å². The van der Waals surface area contributed by atoms with Gasteiger partial charge in [-0.2, -0.15) is 5.11 Å². The fourth-order valence-electron chi connectivity index (χ4n) is 0.370. The van der Waals surface area contributed by atoms with Crippen LogP contribution in [0.1, 0.15) is 6.42 Å². The largest absolute Gasteiger partial charge is 0.469 e. The van der Waals surface area contributed by atoms with Gasteiger partial charge in [0.25, 0.3) is 0 Å². The van der Waals surface area contributed by atoms with Crippen LogP contribution in [0.3, 0.4) is 0 Å². The molecule has 0 fully saturated rings. The molecule has 0 unspecified atom stereocenters. The van der Waals surface area contributed by atoms with E-state index in [0.717, 1.165) is 0 Å². The Kier molecular flexibility index (Phi) is 4.63. The number of carbonyl (C=O) groups is 1.